The third-order valence-corrected chi connectivity index (χ3v) is 3.15. The second kappa shape index (κ2) is 6.75. The number of benzene rings is 1. The van der Waals surface area contributed by atoms with Gasteiger partial charge < -0.3 is 15.6 Å². The van der Waals surface area contributed by atoms with Gasteiger partial charge in [0.05, 0.1) is 6.54 Å². The highest BCUT2D eigenvalue weighted by atomic mass is 16.5. The van der Waals surface area contributed by atoms with Gasteiger partial charge in [-0.3, -0.25) is 0 Å². The highest BCUT2D eigenvalue weighted by Crippen LogP contribution is 2.22. The van der Waals surface area contributed by atoms with Gasteiger partial charge in [0.25, 0.3) is 0 Å². The lowest BCUT2D eigenvalue weighted by atomic mass is 10.0. The standard InChI is InChI=1S/C15H20N4O/c1-3-11-6-5-7-12(4-2)14(11)18-15(16)17-10-13-8-9-20-19-13/h5-9H,3-4,10H2,1-2H3,(H3,16,17,18). The van der Waals surface area contributed by atoms with Crippen LogP contribution in [0.15, 0.2) is 40.0 Å². The minimum absolute atomic E-state index is 0.392. The highest BCUT2D eigenvalue weighted by molar-refractivity contribution is 5.93. The van der Waals surface area contributed by atoms with Gasteiger partial charge in [-0.2, -0.15) is 0 Å². The molecule has 20 heavy (non-hydrogen) atoms. The van der Waals surface area contributed by atoms with Crippen molar-refractivity contribution in [1.29, 1.82) is 0 Å². The molecular weight excluding hydrogens is 252 g/mol. The maximum absolute atomic E-state index is 5.95. The molecule has 1 aromatic heterocycles. The van der Waals surface area contributed by atoms with Gasteiger partial charge in [-0.05, 0) is 24.0 Å². The van der Waals surface area contributed by atoms with Crippen molar-refractivity contribution in [2.75, 3.05) is 5.32 Å². The van der Waals surface area contributed by atoms with Crippen LogP contribution in [0.2, 0.25) is 0 Å². The maximum atomic E-state index is 5.95. The van der Waals surface area contributed by atoms with Gasteiger partial charge in [0.15, 0.2) is 5.96 Å². The number of rotatable bonds is 5. The van der Waals surface area contributed by atoms with E-state index >= 15 is 0 Å². The van der Waals surface area contributed by atoms with Crippen molar-refractivity contribution in [3.05, 3.63) is 47.3 Å². The molecule has 0 atom stereocenters. The summed E-state index contributed by atoms with van der Waals surface area (Å²) in [7, 11) is 0. The summed E-state index contributed by atoms with van der Waals surface area (Å²) in [5, 5.41) is 7.01. The minimum atomic E-state index is 0.392. The lowest BCUT2D eigenvalue weighted by molar-refractivity contribution is 0.412. The van der Waals surface area contributed by atoms with E-state index in [0.29, 0.717) is 12.5 Å². The van der Waals surface area contributed by atoms with E-state index in [1.165, 1.54) is 17.4 Å². The number of anilines is 1. The Morgan fingerprint density at radius 3 is 2.50 bits per heavy atom. The van der Waals surface area contributed by atoms with Crippen LogP contribution in [0.5, 0.6) is 0 Å². The van der Waals surface area contributed by atoms with E-state index in [0.717, 1.165) is 24.2 Å². The Labute approximate surface area is 118 Å². The molecule has 0 amide bonds. The topological polar surface area (TPSA) is 76.4 Å². The lowest BCUT2D eigenvalue weighted by Gasteiger charge is -2.14. The van der Waals surface area contributed by atoms with Crippen molar-refractivity contribution in [2.45, 2.75) is 33.2 Å². The van der Waals surface area contributed by atoms with Crippen molar-refractivity contribution in [3.8, 4) is 0 Å². The van der Waals surface area contributed by atoms with E-state index in [9.17, 15) is 0 Å². The van der Waals surface area contributed by atoms with E-state index in [1.54, 1.807) is 6.07 Å². The van der Waals surface area contributed by atoms with Crippen molar-refractivity contribution in [3.63, 3.8) is 0 Å². The summed E-state index contributed by atoms with van der Waals surface area (Å²) in [5.74, 6) is 0.392. The first-order valence-corrected chi connectivity index (χ1v) is 6.81. The molecule has 106 valence electrons. The Hall–Kier alpha value is -2.30. The van der Waals surface area contributed by atoms with Crippen LogP contribution in [-0.4, -0.2) is 11.1 Å². The third kappa shape index (κ3) is 3.38. The fourth-order valence-electron chi connectivity index (χ4n) is 2.06. The zero-order chi connectivity index (χ0) is 14.4. The summed E-state index contributed by atoms with van der Waals surface area (Å²) in [6, 6.07) is 8.05. The number of para-hydroxylation sites is 1. The van der Waals surface area contributed by atoms with Crippen LogP contribution in [-0.2, 0) is 19.4 Å². The Kier molecular flexibility index (Phi) is 4.76. The predicted octanol–water partition coefficient (Wildman–Crippen LogP) is 2.73. The fourth-order valence-corrected chi connectivity index (χ4v) is 2.06. The zero-order valence-corrected chi connectivity index (χ0v) is 11.9. The van der Waals surface area contributed by atoms with Crippen molar-refractivity contribution >= 4 is 11.6 Å². The smallest absolute Gasteiger partial charge is 0.193 e. The molecule has 0 saturated heterocycles. The van der Waals surface area contributed by atoms with Crippen LogP contribution in [0.4, 0.5) is 5.69 Å². The molecule has 2 aromatic rings. The molecule has 2 rings (SSSR count). The Morgan fingerprint density at radius 1 is 1.25 bits per heavy atom. The monoisotopic (exact) mass is 272 g/mol. The van der Waals surface area contributed by atoms with Crippen LogP contribution in [0.25, 0.3) is 0 Å². The van der Waals surface area contributed by atoms with Gasteiger partial charge in [0.1, 0.15) is 12.0 Å². The normalized spacial score (nSPS) is 11.6. The van der Waals surface area contributed by atoms with Crippen LogP contribution >= 0.6 is 0 Å². The first-order valence-electron chi connectivity index (χ1n) is 6.81. The molecule has 0 spiro atoms. The molecule has 0 fully saturated rings. The van der Waals surface area contributed by atoms with Crippen LogP contribution in [0.1, 0.15) is 30.7 Å². The Bertz CT molecular complexity index is 553. The van der Waals surface area contributed by atoms with Gasteiger partial charge in [-0.25, -0.2) is 4.99 Å². The quantitative estimate of drug-likeness (QED) is 0.648. The van der Waals surface area contributed by atoms with Gasteiger partial charge >= 0.3 is 0 Å². The lowest BCUT2D eigenvalue weighted by Crippen LogP contribution is -2.24. The second-order valence-corrected chi connectivity index (χ2v) is 4.48. The number of aryl methyl sites for hydroxylation is 2. The molecule has 5 nitrogen and oxygen atoms in total. The number of nitrogens with zero attached hydrogens (tertiary/aromatic N) is 2. The number of guanidine groups is 1. The first-order chi connectivity index (χ1) is 9.74. The second-order valence-electron chi connectivity index (χ2n) is 4.48. The van der Waals surface area contributed by atoms with Crippen LogP contribution in [0.3, 0.4) is 0 Å². The average molecular weight is 272 g/mol. The molecule has 0 aliphatic carbocycles. The first kappa shape index (κ1) is 14.1. The number of aliphatic imine (C=N–C) groups is 1. The van der Waals surface area contributed by atoms with Crippen LogP contribution in [0, 0.1) is 0 Å². The molecule has 0 radical (unpaired) electrons. The fraction of sp³-hybridized carbons (Fsp3) is 0.333. The molecule has 3 N–H and O–H groups in total. The molecule has 1 heterocycles. The van der Waals surface area contributed by atoms with E-state index in [-0.39, 0.29) is 0 Å². The summed E-state index contributed by atoms with van der Waals surface area (Å²) in [6.07, 6.45) is 3.43. The minimum Gasteiger partial charge on any atom is -0.370 e. The van der Waals surface area contributed by atoms with E-state index in [2.05, 4.69) is 47.5 Å². The molecule has 0 bridgehead atoms. The molecule has 0 aliphatic heterocycles. The number of nitrogens with one attached hydrogen (secondary N) is 1. The summed E-state index contributed by atoms with van der Waals surface area (Å²) in [5.41, 5.74) is 10.3. The SMILES string of the molecule is CCc1cccc(CC)c1NC(N)=NCc1ccon1. The molecule has 0 aliphatic rings. The number of hydrogen-bond donors (Lipinski definition) is 2. The summed E-state index contributed by atoms with van der Waals surface area (Å²) in [4.78, 5) is 4.27. The van der Waals surface area contributed by atoms with Crippen molar-refractivity contribution in [2.24, 2.45) is 10.7 Å². The van der Waals surface area contributed by atoms with E-state index in [4.69, 9.17) is 10.3 Å². The Morgan fingerprint density at radius 2 is 1.95 bits per heavy atom. The predicted molar refractivity (Wildman–Crippen MR) is 80.7 cm³/mol. The van der Waals surface area contributed by atoms with Crippen LogP contribution < -0.4 is 11.1 Å². The molecule has 1 aromatic carbocycles. The number of nitrogens with two attached hydrogens (primary N) is 1. The maximum Gasteiger partial charge on any atom is 0.193 e. The largest absolute Gasteiger partial charge is 0.370 e. The van der Waals surface area contributed by atoms with E-state index < -0.39 is 0 Å². The summed E-state index contributed by atoms with van der Waals surface area (Å²) < 4.78 is 4.76. The van der Waals surface area contributed by atoms with Gasteiger partial charge in [-0.1, -0.05) is 37.2 Å². The van der Waals surface area contributed by atoms with Gasteiger partial charge in [0, 0.05) is 11.8 Å². The average Bonchev–Trinajstić information content (AvgIpc) is 2.98. The van der Waals surface area contributed by atoms with Crippen molar-refractivity contribution < 1.29 is 4.52 Å². The van der Waals surface area contributed by atoms with Gasteiger partial charge in [0.2, 0.25) is 0 Å². The third-order valence-electron chi connectivity index (χ3n) is 3.15. The summed E-state index contributed by atoms with van der Waals surface area (Å²) in [6.45, 7) is 4.66. The Balaban J connectivity index is 2.14. The van der Waals surface area contributed by atoms with Gasteiger partial charge in [-0.15, -0.1) is 0 Å². The highest BCUT2D eigenvalue weighted by Gasteiger charge is 2.07. The molecule has 0 unspecified atom stereocenters. The number of aromatic nitrogens is 1. The van der Waals surface area contributed by atoms with E-state index in [1.807, 2.05) is 0 Å². The zero-order valence-electron chi connectivity index (χ0n) is 11.9. The molecule has 0 saturated carbocycles. The molecular formula is C15H20N4O. The molecule has 5 heteroatoms. The summed E-state index contributed by atoms with van der Waals surface area (Å²) >= 11 is 0. The number of hydrogen-bond acceptors (Lipinski definition) is 3. The van der Waals surface area contributed by atoms with Crippen molar-refractivity contribution in [1.82, 2.24) is 5.16 Å².